The van der Waals surface area contributed by atoms with Crippen molar-refractivity contribution in [3.05, 3.63) is 69.3 Å². The number of unbranched alkanes of at least 4 members (excludes halogenated alkanes) is 1. The molecule has 0 aromatic heterocycles. The highest BCUT2D eigenvalue weighted by atomic mass is 35.5. The third-order valence-corrected chi connectivity index (χ3v) is 6.29. The van der Waals surface area contributed by atoms with Crippen molar-refractivity contribution in [1.82, 2.24) is 5.32 Å². The zero-order chi connectivity index (χ0) is 25.6. The lowest BCUT2D eigenvalue weighted by Crippen LogP contribution is -2.27. The van der Waals surface area contributed by atoms with Gasteiger partial charge in [-0.3, -0.25) is 4.79 Å². The number of carbonyl (C=O) groups is 1. The summed E-state index contributed by atoms with van der Waals surface area (Å²) in [6.45, 7) is -0.0928. The molecule has 1 aliphatic rings. The SMILES string of the molecule is O=C(CCC/C=C\C[C@@H]1[C@@H](/C=C/[C@@H](O)CCc2cccc(Cl)c2)[C@H](O)C[C@@H]1O)NCCO[N+](=O)[O-]. The molecule has 1 aromatic carbocycles. The second kappa shape index (κ2) is 15.5. The molecule has 1 aliphatic carbocycles. The van der Waals surface area contributed by atoms with Crippen LogP contribution in [0.1, 0.15) is 44.1 Å². The van der Waals surface area contributed by atoms with Gasteiger partial charge >= 0.3 is 0 Å². The second-order valence-electron chi connectivity index (χ2n) is 8.74. The highest BCUT2D eigenvalue weighted by Gasteiger charge is 2.39. The first-order valence-electron chi connectivity index (χ1n) is 11.9. The lowest BCUT2D eigenvalue weighted by molar-refractivity contribution is -0.757. The predicted octanol–water partition coefficient (Wildman–Crippen LogP) is 2.99. The molecule has 194 valence electrons. The minimum absolute atomic E-state index is 0.0851. The maximum absolute atomic E-state index is 11.7. The maximum Gasteiger partial charge on any atom is 0.294 e. The van der Waals surface area contributed by atoms with Crippen LogP contribution in [-0.2, 0) is 16.1 Å². The van der Waals surface area contributed by atoms with E-state index in [9.17, 15) is 30.2 Å². The smallest absolute Gasteiger partial charge is 0.294 e. The van der Waals surface area contributed by atoms with E-state index in [0.29, 0.717) is 50.0 Å². The van der Waals surface area contributed by atoms with Crippen molar-refractivity contribution in [2.45, 2.75) is 63.3 Å². The van der Waals surface area contributed by atoms with Gasteiger partial charge in [-0.1, -0.05) is 48.0 Å². The number of nitrogens with zero attached hydrogens (tertiary/aromatic N) is 1. The predicted molar refractivity (Wildman–Crippen MR) is 132 cm³/mol. The Kier molecular flexibility index (Phi) is 12.8. The Labute approximate surface area is 210 Å². The Hall–Kier alpha value is -2.46. The van der Waals surface area contributed by atoms with Gasteiger partial charge in [0.1, 0.15) is 6.61 Å². The molecule has 0 radical (unpaired) electrons. The number of halogens is 1. The Morgan fingerprint density at radius 3 is 2.86 bits per heavy atom. The number of benzene rings is 1. The van der Waals surface area contributed by atoms with E-state index < -0.39 is 23.4 Å². The number of carbonyl (C=O) groups excluding carboxylic acids is 1. The number of aliphatic hydroxyl groups excluding tert-OH is 3. The van der Waals surface area contributed by atoms with Crippen molar-refractivity contribution in [1.29, 1.82) is 0 Å². The molecule has 0 saturated heterocycles. The third kappa shape index (κ3) is 11.2. The first kappa shape index (κ1) is 28.8. The van der Waals surface area contributed by atoms with E-state index in [1.54, 1.807) is 12.1 Å². The molecule has 5 atom stereocenters. The molecule has 0 spiro atoms. The van der Waals surface area contributed by atoms with Gasteiger partial charge < -0.3 is 25.5 Å². The molecule has 1 saturated carbocycles. The fourth-order valence-corrected chi connectivity index (χ4v) is 4.43. The average Bonchev–Trinajstić information content (AvgIpc) is 3.08. The first-order chi connectivity index (χ1) is 16.8. The number of hydrogen-bond acceptors (Lipinski definition) is 7. The molecule has 0 bridgehead atoms. The van der Waals surface area contributed by atoms with E-state index in [4.69, 9.17) is 11.6 Å². The van der Waals surface area contributed by atoms with Crippen LogP contribution in [0.5, 0.6) is 0 Å². The van der Waals surface area contributed by atoms with Crippen molar-refractivity contribution in [2.24, 2.45) is 11.8 Å². The Morgan fingerprint density at radius 1 is 1.31 bits per heavy atom. The van der Waals surface area contributed by atoms with Crippen molar-refractivity contribution in [3.8, 4) is 0 Å². The highest BCUT2D eigenvalue weighted by Crippen LogP contribution is 2.36. The summed E-state index contributed by atoms with van der Waals surface area (Å²) in [5.41, 5.74) is 1.05. The molecule has 4 N–H and O–H groups in total. The average molecular weight is 511 g/mol. The van der Waals surface area contributed by atoms with Gasteiger partial charge in [-0.2, -0.15) is 0 Å². The van der Waals surface area contributed by atoms with E-state index in [2.05, 4.69) is 10.2 Å². The van der Waals surface area contributed by atoms with Crippen molar-refractivity contribution in [3.63, 3.8) is 0 Å². The number of rotatable bonds is 15. The zero-order valence-electron chi connectivity index (χ0n) is 19.7. The normalized spacial score (nSPS) is 23.1. The van der Waals surface area contributed by atoms with E-state index >= 15 is 0 Å². The van der Waals surface area contributed by atoms with Crippen molar-refractivity contribution < 1.29 is 30.0 Å². The van der Waals surface area contributed by atoms with E-state index in [1.807, 2.05) is 36.4 Å². The van der Waals surface area contributed by atoms with Crippen LogP contribution in [0.2, 0.25) is 5.02 Å². The molecule has 1 fully saturated rings. The van der Waals surface area contributed by atoms with Gasteiger partial charge in [-0.15, -0.1) is 10.1 Å². The van der Waals surface area contributed by atoms with Gasteiger partial charge in [0.05, 0.1) is 18.3 Å². The summed E-state index contributed by atoms with van der Waals surface area (Å²) in [6.07, 6.45) is 9.14. The third-order valence-electron chi connectivity index (χ3n) is 6.06. The van der Waals surface area contributed by atoms with Crippen LogP contribution in [-0.4, -0.2) is 57.8 Å². The van der Waals surface area contributed by atoms with Crippen molar-refractivity contribution in [2.75, 3.05) is 13.2 Å². The van der Waals surface area contributed by atoms with Crippen LogP contribution < -0.4 is 5.32 Å². The second-order valence-corrected chi connectivity index (χ2v) is 9.18. The van der Waals surface area contributed by atoms with Crippen LogP contribution in [0.25, 0.3) is 0 Å². The fourth-order valence-electron chi connectivity index (χ4n) is 4.22. The van der Waals surface area contributed by atoms with Gasteiger partial charge in [-0.25, -0.2) is 0 Å². The van der Waals surface area contributed by atoms with Gasteiger partial charge in [0, 0.05) is 30.3 Å². The molecule has 10 heteroatoms. The minimum atomic E-state index is -0.900. The largest absolute Gasteiger partial charge is 0.393 e. The Morgan fingerprint density at radius 2 is 2.11 bits per heavy atom. The molecular formula is C25H35ClN2O7. The minimum Gasteiger partial charge on any atom is -0.393 e. The number of aliphatic hydroxyl groups is 3. The van der Waals surface area contributed by atoms with E-state index in [0.717, 1.165) is 5.56 Å². The fraction of sp³-hybridized carbons (Fsp3) is 0.560. The molecule has 1 amide bonds. The van der Waals surface area contributed by atoms with Crippen LogP contribution in [0, 0.1) is 22.0 Å². The van der Waals surface area contributed by atoms with Crippen LogP contribution >= 0.6 is 11.6 Å². The Bertz CT molecular complexity index is 864. The molecule has 0 heterocycles. The molecule has 35 heavy (non-hydrogen) atoms. The summed E-state index contributed by atoms with van der Waals surface area (Å²) in [5, 5.41) is 43.4. The number of amides is 1. The Balaban J connectivity index is 1.71. The monoisotopic (exact) mass is 510 g/mol. The summed E-state index contributed by atoms with van der Waals surface area (Å²) < 4.78 is 0. The summed E-state index contributed by atoms with van der Waals surface area (Å²) in [6, 6.07) is 7.52. The van der Waals surface area contributed by atoms with Crippen LogP contribution in [0.15, 0.2) is 48.6 Å². The number of nitrogens with one attached hydrogen (secondary N) is 1. The number of allylic oxidation sites excluding steroid dienone is 2. The number of aryl methyl sites for hydroxylation is 1. The van der Waals surface area contributed by atoms with Gasteiger partial charge in [0.15, 0.2) is 0 Å². The number of hydrogen-bond donors (Lipinski definition) is 4. The van der Waals surface area contributed by atoms with Crippen LogP contribution in [0.3, 0.4) is 0 Å². The topological polar surface area (TPSA) is 142 Å². The lowest BCUT2D eigenvalue weighted by Gasteiger charge is -2.19. The van der Waals surface area contributed by atoms with Crippen molar-refractivity contribution >= 4 is 17.5 Å². The van der Waals surface area contributed by atoms with Gasteiger partial charge in [-0.05, 0) is 55.7 Å². The summed E-state index contributed by atoms with van der Waals surface area (Å²) in [7, 11) is 0. The standard InChI is InChI=1S/C25H35ClN2O7/c26-19-7-5-6-18(16-19)10-11-20(29)12-13-22-21(23(30)17-24(22)31)8-3-1-2-4-9-25(32)27-14-15-35-28(33)34/h1,3,5-7,12-13,16,20-24,29-31H,2,4,8-11,14-15,17H2,(H,27,32)/b3-1-,13-12+/t20-,21+,22+,23-,24+/m0/s1. The summed E-state index contributed by atoms with van der Waals surface area (Å²) in [4.78, 5) is 25.8. The summed E-state index contributed by atoms with van der Waals surface area (Å²) >= 11 is 5.99. The zero-order valence-corrected chi connectivity index (χ0v) is 20.4. The molecular weight excluding hydrogens is 476 g/mol. The van der Waals surface area contributed by atoms with Gasteiger partial charge in [0.25, 0.3) is 5.09 Å². The summed E-state index contributed by atoms with van der Waals surface area (Å²) in [5.74, 6) is -0.594. The first-order valence-corrected chi connectivity index (χ1v) is 12.3. The molecule has 0 aliphatic heterocycles. The quantitative estimate of drug-likeness (QED) is 0.123. The van der Waals surface area contributed by atoms with E-state index in [-0.39, 0.29) is 30.9 Å². The molecule has 2 rings (SSSR count). The maximum atomic E-state index is 11.7. The molecule has 0 unspecified atom stereocenters. The van der Waals surface area contributed by atoms with Gasteiger partial charge in [0.2, 0.25) is 5.91 Å². The van der Waals surface area contributed by atoms with E-state index in [1.165, 1.54) is 0 Å². The molecule has 1 aromatic rings. The molecule has 9 nitrogen and oxygen atoms in total. The highest BCUT2D eigenvalue weighted by molar-refractivity contribution is 6.30. The lowest BCUT2D eigenvalue weighted by atomic mass is 9.89. The van der Waals surface area contributed by atoms with Crippen LogP contribution in [0.4, 0.5) is 0 Å².